The second-order valence-electron chi connectivity index (χ2n) is 12.9. The van der Waals surface area contributed by atoms with Gasteiger partial charge in [-0.25, -0.2) is 33.7 Å². The second-order valence-corrected chi connectivity index (χ2v) is 15.7. The number of benzene rings is 3. The summed E-state index contributed by atoms with van der Waals surface area (Å²) in [5.41, 5.74) is 6.34. The van der Waals surface area contributed by atoms with Crippen LogP contribution in [0.3, 0.4) is 0 Å². The van der Waals surface area contributed by atoms with E-state index in [0.717, 1.165) is 6.33 Å². The number of amides is 2. The fourth-order valence-electron chi connectivity index (χ4n) is 6.45. The maximum absolute atomic E-state index is 13.4. The number of carboxylic acid groups (broad SMARTS) is 1. The molecule has 3 aliphatic rings. The van der Waals surface area contributed by atoms with Gasteiger partial charge in [0.25, 0.3) is 5.91 Å². The number of nitrogen functional groups attached to an aromatic ring is 1. The molecule has 60 heavy (non-hydrogen) atoms. The van der Waals surface area contributed by atoms with E-state index in [0.29, 0.717) is 16.5 Å². The van der Waals surface area contributed by atoms with Crippen LogP contribution in [0.25, 0.3) is 44.6 Å². The predicted molar refractivity (Wildman–Crippen MR) is 202 cm³/mol. The average molecular weight is 872 g/mol. The molecule has 1 aliphatic carbocycles. The number of anilines is 1. The molecule has 0 saturated carbocycles. The molecule has 314 valence electrons. The van der Waals surface area contributed by atoms with Crippen molar-refractivity contribution in [3.63, 3.8) is 0 Å². The highest BCUT2D eigenvalue weighted by Crippen LogP contribution is 2.58. The molecule has 7 rings (SSSR count). The number of carbonyl (C=O) groups excluding carboxylic acids is 2. The Labute approximate surface area is 334 Å². The topological polar surface area (TPSA) is 368 Å². The highest BCUT2D eigenvalue weighted by molar-refractivity contribution is 7.60. The quantitative estimate of drug-likeness (QED) is 0.0453. The Hall–Kier alpha value is -6.33. The third kappa shape index (κ3) is 8.82. The average Bonchev–Trinajstić information content (AvgIpc) is 3.74. The SMILES string of the molecule is Nc1ncnc2c1ncn2[C@@H]1O[C@H](COP(=O)(O)OP(=O)(O)O)[C@@H](OC(=O)NCCNC(=O)c2ccc(C(=O)O)c(-c3c4ccc(=O)cc-4oc4cc(O)ccc34)c2)[C@H]1O. The first-order chi connectivity index (χ1) is 28.4. The number of phosphoric ester groups is 1. The molecule has 24 nitrogen and oxygen atoms in total. The summed E-state index contributed by atoms with van der Waals surface area (Å²) in [4.78, 5) is 90.6. The number of fused-ring (bicyclic) bond motifs is 3. The van der Waals surface area contributed by atoms with Gasteiger partial charge in [0.15, 0.2) is 29.2 Å². The third-order valence-corrected chi connectivity index (χ3v) is 11.1. The van der Waals surface area contributed by atoms with E-state index in [4.69, 9.17) is 29.4 Å². The van der Waals surface area contributed by atoms with Crippen molar-refractivity contribution in [2.45, 2.75) is 24.5 Å². The number of nitrogens with zero attached hydrogens (tertiary/aromatic N) is 4. The molecular formula is C34H31N7O17P2. The Morgan fingerprint density at radius 1 is 0.950 bits per heavy atom. The number of aromatic nitrogens is 4. The first-order valence-electron chi connectivity index (χ1n) is 17.2. The van der Waals surface area contributed by atoms with E-state index in [1.165, 1.54) is 65.5 Å². The Morgan fingerprint density at radius 2 is 1.72 bits per heavy atom. The second kappa shape index (κ2) is 16.4. The summed E-state index contributed by atoms with van der Waals surface area (Å²) in [6.45, 7) is -1.51. The zero-order valence-electron chi connectivity index (χ0n) is 30.2. The molecule has 5 atom stereocenters. The molecule has 2 aliphatic heterocycles. The maximum Gasteiger partial charge on any atom is 0.481 e. The maximum atomic E-state index is 13.4. The Kier molecular flexibility index (Phi) is 11.4. The number of nitrogens with one attached hydrogen (secondary N) is 2. The minimum atomic E-state index is -5.51. The number of imidazole rings is 1. The van der Waals surface area contributed by atoms with Gasteiger partial charge >= 0.3 is 27.7 Å². The van der Waals surface area contributed by atoms with Crippen LogP contribution < -0.4 is 21.8 Å². The molecule has 0 bridgehead atoms. The van der Waals surface area contributed by atoms with Gasteiger partial charge in [-0.2, -0.15) is 4.31 Å². The van der Waals surface area contributed by atoms with Gasteiger partial charge in [0.1, 0.15) is 41.1 Å². The van der Waals surface area contributed by atoms with Gasteiger partial charge in [-0.05, 0) is 48.0 Å². The van der Waals surface area contributed by atoms with Gasteiger partial charge in [-0.15, -0.1) is 0 Å². The minimum Gasteiger partial charge on any atom is -0.508 e. The smallest absolute Gasteiger partial charge is 0.481 e. The van der Waals surface area contributed by atoms with E-state index >= 15 is 0 Å². The lowest BCUT2D eigenvalue weighted by molar-refractivity contribution is -0.0508. The first-order valence-corrected chi connectivity index (χ1v) is 20.2. The lowest BCUT2D eigenvalue weighted by Crippen LogP contribution is -2.42. The molecule has 1 fully saturated rings. The number of phenols is 1. The monoisotopic (exact) mass is 871 g/mol. The zero-order chi connectivity index (χ0) is 43.1. The van der Waals surface area contributed by atoms with Crippen LogP contribution in [-0.2, 0) is 27.4 Å². The van der Waals surface area contributed by atoms with E-state index < -0.39 is 64.8 Å². The summed E-state index contributed by atoms with van der Waals surface area (Å²) in [5.74, 6) is -2.09. The standard InChI is InChI=1S/C34H31N7O17P2/c35-29-26-30(39-13-38-29)41(14-40-26)32-27(44)28(24(56-32)12-54-60(52,53)58-59(49,50)51)57-34(48)37-8-7-36-31(45)15-1-4-18(33(46)47)21(9-15)25-19-5-2-16(42)10-22(19)55-23-11-17(43)3-6-20(23)25/h1-6,9-11,13-14,24,27-28,32,42,44H,7-8,12H2,(H,36,45)(H,37,48)(H,46,47)(H,52,53)(H2,35,38,39)(H2,49,50,51)/t24-,27-,28-,32-/m1/s1. The Balaban J connectivity index is 1.05. The van der Waals surface area contributed by atoms with Gasteiger partial charge in [0, 0.05) is 47.3 Å². The normalized spacial score (nSPS) is 19.0. The molecule has 2 aromatic carbocycles. The largest absolute Gasteiger partial charge is 0.508 e. The molecule has 4 aromatic rings. The number of phenolic OH excluding ortho intramolecular Hbond substituents is 1. The highest BCUT2D eigenvalue weighted by atomic mass is 31.3. The number of rotatable bonds is 13. The number of carbonyl (C=O) groups is 3. The minimum absolute atomic E-state index is 0.00181. The number of carboxylic acids is 1. The van der Waals surface area contributed by atoms with Crippen LogP contribution in [0, 0.1) is 0 Å². The number of hydrogen-bond donors (Lipinski definition) is 9. The van der Waals surface area contributed by atoms with Gasteiger partial charge in [0.05, 0.1) is 18.5 Å². The van der Waals surface area contributed by atoms with E-state index in [9.17, 15) is 48.5 Å². The van der Waals surface area contributed by atoms with Crippen molar-refractivity contribution in [2.24, 2.45) is 0 Å². The number of aromatic carboxylic acids is 1. The number of ether oxygens (including phenoxy) is 2. The number of phosphoric acid groups is 2. The molecule has 1 unspecified atom stereocenters. The summed E-state index contributed by atoms with van der Waals surface area (Å²) in [6, 6.07) is 11.9. The fraction of sp³-hybridized carbons (Fsp3) is 0.206. The van der Waals surface area contributed by atoms with Gasteiger partial charge in [-0.1, -0.05) is 0 Å². The van der Waals surface area contributed by atoms with E-state index in [1.807, 2.05) is 0 Å². The molecular weight excluding hydrogens is 840 g/mol. The number of aliphatic hydroxyl groups excluding tert-OH is 1. The van der Waals surface area contributed by atoms with Crippen molar-refractivity contribution in [3.8, 4) is 28.2 Å². The van der Waals surface area contributed by atoms with Crippen LogP contribution in [0.5, 0.6) is 5.75 Å². The van der Waals surface area contributed by atoms with Gasteiger partial charge < -0.3 is 60.3 Å². The van der Waals surface area contributed by atoms with E-state index in [2.05, 4.69) is 34.4 Å². The summed E-state index contributed by atoms with van der Waals surface area (Å²) < 4.78 is 50.0. The summed E-state index contributed by atoms with van der Waals surface area (Å²) in [5, 5.41) is 36.7. The number of alkyl carbamates (subject to hydrolysis) is 1. The molecule has 1 saturated heterocycles. The highest BCUT2D eigenvalue weighted by Gasteiger charge is 2.49. The number of hydrogen-bond acceptors (Lipinski definition) is 17. The van der Waals surface area contributed by atoms with Crippen LogP contribution in [0.2, 0.25) is 0 Å². The Bertz CT molecular complexity index is 2790. The first kappa shape index (κ1) is 41.8. The number of nitrogens with two attached hydrogens (primary N) is 1. The van der Waals surface area contributed by atoms with Crippen LogP contribution in [0.1, 0.15) is 26.9 Å². The van der Waals surface area contributed by atoms with Crippen molar-refractivity contribution >= 4 is 61.6 Å². The number of aliphatic hydroxyl groups is 1. The van der Waals surface area contributed by atoms with Crippen molar-refractivity contribution in [1.29, 1.82) is 0 Å². The van der Waals surface area contributed by atoms with Crippen molar-refractivity contribution in [1.82, 2.24) is 30.2 Å². The molecule has 0 radical (unpaired) electrons. The molecule has 26 heteroatoms. The number of aromatic hydroxyl groups is 1. The molecule has 0 spiro atoms. The fourth-order valence-corrected chi connectivity index (χ4v) is 8.05. The van der Waals surface area contributed by atoms with E-state index in [1.54, 1.807) is 0 Å². The summed E-state index contributed by atoms with van der Waals surface area (Å²) in [7, 11) is -10.9. The van der Waals surface area contributed by atoms with Crippen LogP contribution >= 0.6 is 15.6 Å². The summed E-state index contributed by atoms with van der Waals surface area (Å²) in [6.07, 6.45) is -5.34. The van der Waals surface area contributed by atoms with Crippen molar-refractivity contribution < 1.29 is 76.2 Å². The Morgan fingerprint density at radius 3 is 2.47 bits per heavy atom. The van der Waals surface area contributed by atoms with Gasteiger partial charge in [0.2, 0.25) is 0 Å². The van der Waals surface area contributed by atoms with Crippen LogP contribution in [-0.4, -0.2) is 105 Å². The molecule has 2 aromatic heterocycles. The van der Waals surface area contributed by atoms with Crippen LogP contribution in [0.15, 0.2) is 76.5 Å². The van der Waals surface area contributed by atoms with Crippen LogP contribution in [0.4, 0.5) is 10.6 Å². The summed E-state index contributed by atoms with van der Waals surface area (Å²) >= 11 is 0. The zero-order valence-corrected chi connectivity index (χ0v) is 32.0. The third-order valence-electron chi connectivity index (χ3n) is 8.96. The van der Waals surface area contributed by atoms with Crippen molar-refractivity contribution in [3.05, 3.63) is 88.6 Å². The predicted octanol–water partition coefficient (Wildman–Crippen LogP) is 1.70. The van der Waals surface area contributed by atoms with E-state index in [-0.39, 0.29) is 69.3 Å². The molecule has 10 N–H and O–H groups in total. The molecule has 2 amide bonds. The molecule has 4 heterocycles. The van der Waals surface area contributed by atoms with Crippen molar-refractivity contribution in [2.75, 3.05) is 25.4 Å². The lowest BCUT2D eigenvalue weighted by atomic mass is 9.89. The van der Waals surface area contributed by atoms with Gasteiger partial charge in [-0.3, -0.25) is 18.7 Å². The lowest BCUT2D eigenvalue weighted by Gasteiger charge is -2.21.